The lowest BCUT2D eigenvalue weighted by molar-refractivity contribution is -0.107. The van der Waals surface area contributed by atoms with Gasteiger partial charge in [0.15, 0.2) is 0 Å². The number of imidazole rings is 1. The second-order valence-electron chi connectivity index (χ2n) is 2.07. The zero-order chi connectivity index (χ0) is 7.56. The van der Waals surface area contributed by atoms with Gasteiger partial charge in [-0.1, -0.05) is 0 Å². The molecule has 4 heteroatoms. The average Bonchev–Trinajstić information content (AvgIpc) is 2.14. The van der Waals surface area contributed by atoms with E-state index in [-0.39, 0.29) is 12.1 Å². The van der Waals surface area contributed by atoms with Crippen molar-refractivity contribution in [1.29, 1.82) is 0 Å². The van der Waals surface area contributed by atoms with Crippen LogP contribution in [0.2, 0.25) is 0 Å². The third-order valence-corrected chi connectivity index (χ3v) is 1.24. The first-order chi connectivity index (χ1) is 4.74. The van der Waals surface area contributed by atoms with E-state index in [1.807, 2.05) is 0 Å². The van der Waals surface area contributed by atoms with Gasteiger partial charge in [0, 0.05) is 25.4 Å². The predicted molar refractivity (Wildman–Crippen MR) is 35.8 cm³/mol. The number of H-pyrrole nitrogens is 1. The number of aldehydes is 1. The van der Waals surface area contributed by atoms with Gasteiger partial charge in [0.25, 0.3) is 0 Å². The fourth-order valence-corrected chi connectivity index (χ4v) is 0.744. The highest BCUT2D eigenvalue weighted by Gasteiger charge is 1.96. The third kappa shape index (κ3) is 1.15. The van der Waals surface area contributed by atoms with Crippen molar-refractivity contribution in [1.82, 2.24) is 9.55 Å². The largest absolute Gasteiger partial charge is 0.325 e. The summed E-state index contributed by atoms with van der Waals surface area (Å²) in [6, 6.07) is 0. The van der Waals surface area contributed by atoms with Crippen molar-refractivity contribution in [2.45, 2.75) is 6.42 Å². The number of carbonyl (C=O) groups excluding carboxylic acids is 1. The summed E-state index contributed by atoms with van der Waals surface area (Å²) in [5.74, 6) is 0. The SMILES string of the molecule is Cn1cc(CC=O)[nH]c1=O. The Morgan fingerprint density at radius 3 is 2.90 bits per heavy atom. The first-order valence-corrected chi connectivity index (χ1v) is 2.92. The van der Waals surface area contributed by atoms with Crippen LogP contribution in [0.5, 0.6) is 0 Å². The summed E-state index contributed by atoms with van der Waals surface area (Å²) >= 11 is 0. The molecule has 1 aromatic rings. The Balaban J connectivity index is 2.98. The Hall–Kier alpha value is -1.32. The van der Waals surface area contributed by atoms with Crippen molar-refractivity contribution >= 4 is 6.29 Å². The monoisotopic (exact) mass is 140 g/mol. The molecule has 54 valence electrons. The van der Waals surface area contributed by atoms with E-state index in [0.29, 0.717) is 5.69 Å². The first kappa shape index (κ1) is 6.80. The summed E-state index contributed by atoms with van der Waals surface area (Å²) in [6.45, 7) is 0. The second kappa shape index (κ2) is 2.51. The molecular weight excluding hydrogens is 132 g/mol. The lowest BCUT2D eigenvalue weighted by Gasteiger charge is -1.81. The lowest BCUT2D eigenvalue weighted by atomic mass is 10.4. The molecule has 1 heterocycles. The minimum Gasteiger partial charge on any atom is -0.309 e. The molecule has 0 aliphatic carbocycles. The summed E-state index contributed by atoms with van der Waals surface area (Å²) in [6.07, 6.45) is 2.64. The van der Waals surface area contributed by atoms with E-state index in [1.54, 1.807) is 13.2 Å². The molecule has 0 atom stereocenters. The van der Waals surface area contributed by atoms with Gasteiger partial charge in [-0.15, -0.1) is 0 Å². The Labute approximate surface area is 57.5 Å². The molecule has 1 rings (SSSR count). The molecule has 0 aliphatic heterocycles. The van der Waals surface area contributed by atoms with Crippen LogP contribution in [-0.4, -0.2) is 15.8 Å². The third-order valence-electron chi connectivity index (χ3n) is 1.24. The lowest BCUT2D eigenvalue weighted by Crippen LogP contribution is -2.11. The summed E-state index contributed by atoms with van der Waals surface area (Å²) in [7, 11) is 1.63. The number of aromatic amines is 1. The number of aryl methyl sites for hydroxylation is 1. The molecule has 0 saturated heterocycles. The normalized spacial score (nSPS) is 9.70. The van der Waals surface area contributed by atoms with Gasteiger partial charge in [0.2, 0.25) is 0 Å². The number of nitrogens with zero attached hydrogens (tertiary/aromatic N) is 1. The van der Waals surface area contributed by atoms with Crippen LogP contribution in [0, 0.1) is 0 Å². The Kier molecular flexibility index (Phi) is 1.71. The standard InChI is InChI=1S/C6H8N2O2/c1-8-4-5(2-3-9)7-6(8)10/h3-4H,2H2,1H3,(H,7,10). The van der Waals surface area contributed by atoms with Crippen molar-refractivity contribution in [3.05, 3.63) is 22.4 Å². The van der Waals surface area contributed by atoms with Gasteiger partial charge < -0.3 is 14.3 Å². The molecule has 0 fully saturated rings. The van der Waals surface area contributed by atoms with Gasteiger partial charge in [-0.2, -0.15) is 0 Å². The van der Waals surface area contributed by atoms with Gasteiger partial charge in [0.05, 0.1) is 0 Å². The van der Waals surface area contributed by atoms with Crippen molar-refractivity contribution < 1.29 is 4.79 Å². The van der Waals surface area contributed by atoms with Crippen LogP contribution >= 0.6 is 0 Å². The second-order valence-corrected chi connectivity index (χ2v) is 2.07. The summed E-state index contributed by atoms with van der Waals surface area (Å²) < 4.78 is 1.40. The minimum atomic E-state index is -0.183. The van der Waals surface area contributed by atoms with E-state index in [0.717, 1.165) is 6.29 Å². The zero-order valence-electron chi connectivity index (χ0n) is 5.63. The van der Waals surface area contributed by atoms with Crippen LogP contribution in [0.25, 0.3) is 0 Å². The first-order valence-electron chi connectivity index (χ1n) is 2.92. The van der Waals surface area contributed by atoms with Crippen molar-refractivity contribution in [2.75, 3.05) is 0 Å². The van der Waals surface area contributed by atoms with Crippen LogP contribution < -0.4 is 5.69 Å². The molecular formula is C6H8N2O2. The van der Waals surface area contributed by atoms with E-state index in [2.05, 4.69) is 4.98 Å². The maximum atomic E-state index is 10.7. The van der Waals surface area contributed by atoms with Gasteiger partial charge >= 0.3 is 5.69 Å². The summed E-state index contributed by atoms with van der Waals surface area (Å²) in [5.41, 5.74) is 0.472. The topological polar surface area (TPSA) is 54.9 Å². The van der Waals surface area contributed by atoms with Crippen LogP contribution in [0.15, 0.2) is 11.0 Å². The van der Waals surface area contributed by atoms with E-state index >= 15 is 0 Å². The molecule has 0 spiro atoms. The van der Waals surface area contributed by atoms with E-state index < -0.39 is 0 Å². The number of rotatable bonds is 2. The van der Waals surface area contributed by atoms with Gasteiger partial charge in [0.1, 0.15) is 6.29 Å². The fraction of sp³-hybridized carbons (Fsp3) is 0.333. The highest BCUT2D eigenvalue weighted by molar-refractivity contribution is 5.53. The number of aromatic nitrogens is 2. The predicted octanol–water partition coefficient (Wildman–Crippen LogP) is -0.545. The van der Waals surface area contributed by atoms with Crippen LogP contribution in [0.3, 0.4) is 0 Å². The molecule has 0 aliphatic rings. The number of carbonyl (C=O) groups is 1. The maximum Gasteiger partial charge on any atom is 0.325 e. The van der Waals surface area contributed by atoms with E-state index in [9.17, 15) is 9.59 Å². The van der Waals surface area contributed by atoms with Gasteiger partial charge in [-0.3, -0.25) is 0 Å². The van der Waals surface area contributed by atoms with Crippen molar-refractivity contribution in [3.63, 3.8) is 0 Å². The van der Waals surface area contributed by atoms with E-state index in [1.165, 1.54) is 4.57 Å². The Morgan fingerprint density at radius 2 is 2.50 bits per heavy atom. The summed E-state index contributed by atoms with van der Waals surface area (Å²) in [5, 5.41) is 0. The molecule has 0 aromatic carbocycles. The van der Waals surface area contributed by atoms with E-state index in [4.69, 9.17) is 0 Å². The van der Waals surface area contributed by atoms with Crippen molar-refractivity contribution in [3.8, 4) is 0 Å². The smallest absolute Gasteiger partial charge is 0.309 e. The zero-order valence-corrected chi connectivity index (χ0v) is 5.63. The Morgan fingerprint density at radius 1 is 1.80 bits per heavy atom. The highest BCUT2D eigenvalue weighted by atomic mass is 16.1. The molecule has 0 radical (unpaired) electrons. The number of hydrogen-bond donors (Lipinski definition) is 1. The molecule has 10 heavy (non-hydrogen) atoms. The van der Waals surface area contributed by atoms with Crippen LogP contribution in [-0.2, 0) is 18.3 Å². The van der Waals surface area contributed by atoms with Crippen LogP contribution in [0.1, 0.15) is 5.69 Å². The van der Waals surface area contributed by atoms with Crippen molar-refractivity contribution in [2.24, 2.45) is 7.05 Å². The minimum absolute atomic E-state index is 0.183. The Bertz CT molecular complexity index is 284. The molecule has 4 nitrogen and oxygen atoms in total. The van der Waals surface area contributed by atoms with Gasteiger partial charge in [-0.25, -0.2) is 4.79 Å². The molecule has 1 aromatic heterocycles. The molecule has 0 unspecified atom stereocenters. The van der Waals surface area contributed by atoms with Gasteiger partial charge in [-0.05, 0) is 0 Å². The van der Waals surface area contributed by atoms with Crippen LogP contribution in [0.4, 0.5) is 0 Å². The molecule has 0 bridgehead atoms. The quantitative estimate of drug-likeness (QED) is 0.560. The molecule has 1 N–H and O–H groups in total. The molecule has 0 saturated carbocycles. The highest BCUT2D eigenvalue weighted by Crippen LogP contribution is 1.87. The number of hydrogen-bond acceptors (Lipinski definition) is 2. The number of nitrogens with one attached hydrogen (secondary N) is 1. The molecule has 0 amide bonds. The fourth-order valence-electron chi connectivity index (χ4n) is 0.744. The maximum absolute atomic E-state index is 10.7. The summed E-state index contributed by atoms with van der Waals surface area (Å²) in [4.78, 5) is 23.2. The average molecular weight is 140 g/mol.